The molecule has 3 aromatic rings. The average molecular weight is 299 g/mol. The van der Waals surface area contributed by atoms with Crippen molar-refractivity contribution in [3.8, 4) is 0 Å². The molecule has 0 saturated heterocycles. The van der Waals surface area contributed by atoms with Crippen molar-refractivity contribution in [1.29, 1.82) is 0 Å². The number of hydrogen-bond acceptors (Lipinski definition) is 5. The highest BCUT2D eigenvalue weighted by Crippen LogP contribution is 2.19. The molecule has 3 rings (SSSR count). The van der Waals surface area contributed by atoms with Crippen LogP contribution in [0.15, 0.2) is 39.6 Å². The molecule has 0 aliphatic carbocycles. The van der Waals surface area contributed by atoms with Crippen LogP contribution in [0.25, 0.3) is 11.0 Å². The molecule has 2 heterocycles. The second kappa shape index (κ2) is 5.44. The third kappa shape index (κ3) is 2.48. The smallest absolute Gasteiger partial charge is 0.325 e. The van der Waals surface area contributed by atoms with Crippen LogP contribution in [0, 0.1) is 6.92 Å². The molecule has 0 aliphatic rings. The Hall–Kier alpha value is -2.96. The number of benzene rings is 1. The largest absolute Gasteiger partial charge is 0.480 e. The average Bonchev–Trinajstić information content (AvgIpc) is 2.87. The Morgan fingerprint density at radius 3 is 2.73 bits per heavy atom. The number of aryl methyl sites for hydroxylation is 1. The molecule has 7 heteroatoms. The molecule has 22 heavy (non-hydrogen) atoms. The van der Waals surface area contributed by atoms with E-state index >= 15 is 0 Å². The highest BCUT2D eigenvalue weighted by atomic mass is 16.5. The lowest BCUT2D eigenvalue weighted by atomic mass is 10.1. The van der Waals surface area contributed by atoms with Crippen molar-refractivity contribution >= 4 is 16.9 Å². The Bertz CT molecular complexity index is 896. The van der Waals surface area contributed by atoms with Crippen LogP contribution < -0.4 is 5.56 Å². The van der Waals surface area contributed by atoms with Gasteiger partial charge >= 0.3 is 5.97 Å². The zero-order chi connectivity index (χ0) is 15.7. The van der Waals surface area contributed by atoms with Gasteiger partial charge in [0.05, 0.1) is 5.69 Å². The van der Waals surface area contributed by atoms with E-state index in [9.17, 15) is 9.59 Å². The molecule has 7 nitrogen and oxygen atoms in total. The molecule has 0 bridgehead atoms. The highest BCUT2D eigenvalue weighted by Gasteiger charge is 2.19. The van der Waals surface area contributed by atoms with E-state index in [1.807, 2.05) is 30.3 Å². The molecule has 0 fully saturated rings. The van der Waals surface area contributed by atoms with Crippen LogP contribution in [0.5, 0.6) is 0 Å². The van der Waals surface area contributed by atoms with Crippen molar-refractivity contribution in [3.63, 3.8) is 0 Å². The molecule has 0 atom stereocenters. The Balaban J connectivity index is 2.18. The summed E-state index contributed by atoms with van der Waals surface area (Å²) in [5, 5.41) is 17.1. The van der Waals surface area contributed by atoms with Crippen LogP contribution in [0.3, 0.4) is 0 Å². The standard InChI is InChI=1S/C15H13N3O4/c1-9-13-14(22-17-9)11(7-10-5-3-2-4-6-10)16-18(15(13)21)8-12(19)20/h2-6H,7-8H2,1H3,(H,19,20). The van der Waals surface area contributed by atoms with E-state index in [1.54, 1.807) is 6.92 Å². The summed E-state index contributed by atoms with van der Waals surface area (Å²) in [7, 11) is 0. The molecular formula is C15H13N3O4. The number of carboxylic acid groups (broad SMARTS) is 1. The van der Waals surface area contributed by atoms with Crippen LogP contribution in [0.1, 0.15) is 17.0 Å². The van der Waals surface area contributed by atoms with Crippen LogP contribution in [0.4, 0.5) is 0 Å². The van der Waals surface area contributed by atoms with Crippen molar-refractivity contribution in [2.45, 2.75) is 19.9 Å². The summed E-state index contributed by atoms with van der Waals surface area (Å²) in [4.78, 5) is 23.2. The molecule has 0 saturated carbocycles. The van der Waals surface area contributed by atoms with Gasteiger partial charge < -0.3 is 9.63 Å². The summed E-state index contributed by atoms with van der Waals surface area (Å²) in [6.45, 7) is 1.14. The first kappa shape index (κ1) is 14.0. The number of nitrogens with zero attached hydrogens (tertiary/aromatic N) is 3. The first-order valence-electron chi connectivity index (χ1n) is 6.68. The number of aromatic nitrogens is 3. The van der Waals surface area contributed by atoms with Gasteiger partial charge in [0, 0.05) is 6.42 Å². The van der Waals surface area contributed by atoms with Crippen LogP contribution >= 0.6 is 0 Å². The van der Waals surface area contributed by atoms with E-state index < -0.39 is 18.1 Å². The van der Waals surface area contributed by atoms with Crippen molar-refractivity contribution in [2.24, 2.45) is 0 Å². The minimum atomic E-state index is -1.13. The summed E-state index contributed by atoms with van der Waals surface area (Å²) in [5.41, 5.74) is 1.70. The number of hydrogen-bond donors (Lipinski definition) is 1. The summed E-state index contributed by atoms with van der Waals surface area (Å²) in [5.74, 6) is -1.13. The van der Waals surface area contributed by atoms with E-state index in [0.29, 0.717) is 23.4 Å². The maximum atomic E-state index is 12.3. The fourth-order valence-electron chi connectivity index (χ4n) is 2.32. The zero-order valence-electron chi connectivity index (χ0n) is 11.8. The second-order valence-corrected chi connectivity index (χ2v) is 4.94. The van der Waals surface area contributed by atoms with Crippen molar-refractivity contribution in [1.82, 2.24) is 14.9 Å². The summed E-state index contributed by atoms with van der Waals surface area (Å²) < 4.78 is 6.16. The normalized spacial score (nSPS) is 11.0. The first-order chi connectivity index (χ1) is 10.6. The van der Waals surface area contributed by atoms with E-state index in [1.165, 1.54) is 0 Å². The Labute approximate surface area is 124 Å². The fourth-order valence-corrected chi connectivity index (χ4v) is 2.32. The van der Waals surface area contributed by atoms with Crippen LogP contribution in [-0.4, -0.2) is 26.0 Å². The lowest BCUT2D eigenvalue weighted by Crippen LogP contribution is -2.28. The van der Waals surface area contributed by atoms with Crippen molar-refractivity contribution < 1.29 is 14.4 Å². The lowest BCUT2D eigenvalue weighted by molar-refractivity contribution is -0.138. The molecule has 0 radical (unpaired) electrons. The fraction of sp³-hybridized carbons (Fsp3) is 0.200. The maximum absolute atomic E-state index is 12.3. The highest BCUT2D eigenvalue weighted by molar-refractivity contribution is 5.80. The molecule has 1 aromatic carbocycles. The Morgan fingerprint density at radius 1 is 1.32 bits per heavy atom. The molecule has 1 N–H and O–H groups in total. The summed E-state index contributed by atoms with van der Waals surface area (Å²) >= 11 is 0. The number of rotatable bonds is 4. The van der Waals surface area contributed by atoms with Gasteiger partial charge in [-0.2, -0.15) is 5.10 Å². The van der Waals surface area contributed by atoms with E-state index in [2.05, 4.69) is 10.3 Å². The summed E-state index contributed by atoms with van der Waals surface area (Å²) in [6.07, 6.45) is 0.422. The van der Waals surface area contributed by atoms with Gasteiger partial charge in [0.1, 0.15) is 17.6 Å². The van der Waals surface area contributed by atoms with Crippen molar-refractivity contribution in [3.05, 3.63) is 57.6 Å². The first-order valence-corrected chi connectivity index (χ1v) is 6.68. The predicted molar refractivity (Wildman–Crippen MR) is 77.7 cm³/mol. The lowest BCUT2D eigenvalue weighted by Gasteiger charge is -2.06. The van der Waals surface area contributed by atoms with Gasteiger partial charge in [0.25, 0.3) is 5.56 Å². The van der Waals surface area contributed by atoms with Crippen LogP contribution in [-0.2, 0) is 17.8 Å². The Kier molecular flexibility index (Phi) is 3.46. The monoisotopic (exact) mass is 299 g/mol. The number of carboxylic acids is 1. The van der Waals surface area contributed by atoms with E-state index in [0.717, 1.165) is 10.2 Å². The minimum Gasteiger partial charge on any atom is -0.480 e. The van der Waals surface area contributed by atoms with Gasteiger partial charge in [-0.25, -0.2) is 4.68 Å². The number of carbonyl (C=O) groups is 1. The minimum absolute atomic E-state index is 0.280. The van der Waals surface area contributed by atoms with Gasteiger partial charge in [-0.3, -0.25) is 9.59 Å². The molecule has 2 aromatic heterocycles. The van der Waals surface area contributed by atoms with Crippen molar-refractivity contribution in [2.75, 3.05) is 0 Å². The molecule has 0 aliphatic heterocycles. The van der Waals surface area contributed by atoms with E-state index in [-0.39, 0.29) is 5.39 Å². The van der Waals surface area contributed by atoms with Gasteiger partial charge in [0.2, 0.25) is 0 Å². The van der Waals surface area contributed by atoms with Gasteiger partial charge in [-0.15, -0.1) is 0 Å². The number of aliphatic carboxylic acids is 1. The molecular weight excluding hydrogens is 286 g/mol. The van der Waals surface area contributed by atoms with Crippen LogP contribution in [0.2, 0.25) is 0 Å². The maximum Gasteiger partial charge on any atom is 0.325 e. The third-order valence-electron chi connectivity index (χ3n) is 3.31. The Morgan fingerprint density at radius 2 is 2.05 bits per heavy atom. The third-order valence-corrected chi connectivity index (χ3v) is 3.31. The molecule has 0 amide bonds. The van der Waals surface area contributed by atoms with Gasteiger partial charge in [0.15, 0.2) is 5.58 Å². The quantitative estimate of drug-likeness (QED) is 0.781. The number of fused-ring (bicyclic) bond motifs is 1. The molecule has 0 unspecified atom stereocenters. The second-order valence-electron chi connectivity index (χ2n) is 4.94. The predicted octanol–water partition coefficient (Wildman–Crippen LogP) is 1.37. The zero-order valence-corrected chi connectivity index (χ0v) is 11.8. The van der Waals surface area contributed by atoms with E-state index in [4.69, 9.17) is 9.63 Å². The topological polar surface area (TPSA) is 98.2 Å². The SMILES string of the molecule is Cc1noc2c(Cc3ccccc3)nn(CC(=O)O)c(=O)c12. The van der Waals surface area contributed by atoms with Gasteiger partial charge in [-0.05, 0) is 12.5 Å². The van der Waals surface area contributed by atoms with Gasteiger partial charge in [-0.1, -0.05) is 35.5 Å². The molecule has 0 spiro atoms. The summed E-state index contributed by atoms with van der Waals surface area (Å²) in [6, 6.07) is 9.53. The molecule has 112 valence electrons.